The summed E-state index contributed by atoms with van der Waals surface area (Å²) in [6.07, 6.45) is 1.83. The van der Waals surface area contributed by atoms with Crippen molar-refractivity contribution in [1.29, 1.82) is 0 Å². The van der Waals surface area contributed by atoms with Crippen LogP contribution in [0.3, 0.4) is 0 Å². The SMILES string of the molecule is CN(C)CC(=O)Nc1cccc(C(=O)Nc2cccc3cc[nH]c23)c1.O=CO. The molecule has 1 heterocycles. The van der Waals surface area contributed by atoms with Crippen LogP contribution >= 0.6 is 0 Å². The van der Waals surface area contributed by atoms with Crippen molar-refractivity contribution >= 4 is 40.6 Å². The number of nitrogens with zero attached hydrogens (tertiary/aromatic N) is 1. The quantitative estimate of drug-likeness (QED) is 0.507. The predicted molar refractivity (Wildman–Crippen MR) is 109 cm³/mol. The van der Waals surface area contributed by atoms with Crippen molar-refractivity contribution in [2.75, 3.05) is 31.3 Å². The number of H-pyrrole nitrogens is 1. The fraction of sp³-hybridized carbons (Fsp3) is 0.150. The van der Waals surface area contributed by atoms with Crippen molar-refractivity contribution in [3.05, 3.63) is 60.3 Å². The van der Waals surface area contributed by atoms with Crippen LogP contribution in [0.25, 0.3) is 10.9 Å². The molecule has 0 fully saturated rings. The summed E-state index contributed by atoms with van der Waals surface area (Å²) in [7, 11) is 3.65. The van der Waals surface area contributed by atoms with Gasteiger partial charge in [0.25, 0.3) is 12.4 Å². The number of carbonyl (C=O) groups excluding carboxylic acids is 2. The molecule has 0 radical (unpaired) electrons. The minimum atomic E-state index is -0.250. The van der Waals surface area contributed by atoms with Gasteiger partial charge in [0, 0.05) is 22.8 Å². The van der Waals surface area contributed by atoms with Crippen LogP contribution in [0.15, 0.2) is 54.7 Å². The van der Waals surface area contributed by atoms with Crippen molar-refractivity contribution in [3.63, 3.8) is 0 Å². The Morgan fingerprint density at radius 1 is 1.11 bits per heavy atom. The topological polar surface area (TPSA) is 115 Å². The lowest BCUT2D eigenvalue weighted by Crippen LogP contribution is -2.27. The van der Waals surface area contributed by atoms with Crippen LogP contribution in [0.4, 0.5) is 11.4 Å². The number of carboxylic acid groups (broad SMARTS) is 1. The number of hydrogen-bond acceptors (Lipinski definition) is 4. The van der Waals surface area contributed by atoms with Crippen molar-refractivity contribution in [3.8, 4) is 0 Å². The Kier molecular flexibility index (Phi) is 7.29. The van der Waals surface area contributed by atoms with Gasteiger partial charge in [-0.2, -0.15) is 0 Å². The molecule has 0 bridgehead atoms. The summed E-state index contributed by atoms with van der Waals surface area (Å²) in [5.41, 5.74) is 2.67. The number of nitrogens with one attached hydrogen (secondary N) is 3. The molecule has 0 aliphatic rings. The average molecular weight is 382 g/mol. The molecule has 2 amide bonds. The van der Waals surface area contributed by atoms with Gasteiger partial charge in [-0.05, 0) is 44.4 Å². The number of hydrogen-bond donors (Lipinski definition) is 4. The van der Waals surface area contributed by atoms with E-state index in [1.165, 1.54) is 0 Å². The number of benzene rings is 2. The third-order valence-corrected chi connectivity index (χ3v) is 3.70. The molecule has 0 unspecified atom stereocenters. The highest BCUT2D eigenvalue weighted by Gasteiger charge is 2.11. The molecule has 28 heavy (non-hydrogen) atoms. The van der Waals surface area contributed by atoms with Crippen molar-refractivity contribution in [2.24, 2.45) is 0 Å². The number of amides is 2. The zero-order valence-corrected chi connectivity index (χ0v) is 15.6. The monoisotopic (exact) mass is 382 g/mol. The average Bonchev–Trinajstić information content (AvgIpc) is 3.11. The van der Waals surface area contributed by atoms with E-state index in [9.17, 15) is 9.59 Å². The Morgan fingerprint density at radius 3 is 2.54 bits per heavy atom. The van der Waals surface area contributed by atoms with Gasteiger partial charge < -0.3 is 25.6 Å². The summed E-state index contributed by atoms with van der Waals surface area (Å²) in [6, 6.07) is 14.5. The highest BCUT2D eigenvalue weighted by molar-refractivity contribution is 6.09. The van der Waals surface area contributed by atoms with E-state index >= 15 is 0 Å². The summed E-state index contributed by atoms with van der Waals surface area (Å²) in [4.78, 5) is 37.7. The van der Waals surface area contributed by atoms with Crippen LogP contribution in [0, 0.1) is 0 Å². The molecule has 3 aromatic rings. The molecular weight excluding hydrogens is 360 g/mol. The molecule has 0 saturated carbocycles. The van der Waals surface area contributed by atoms with E-state index in [0.29, 0.717) is 11.3 Å². The number of aromatic nitrogens is 1. The van der Waals surface area contributed by atoms with Gasteiger partial charge in [-0.25, -0.2) is 0 Å². The van der Waals surface area contributed by atoms with Gasteiger partial charge in [-0.1, -0.05) is 18.2 Å². The van der Waals surface area contributed by atoms with Crippen LogP contribution < -0.4 is 10.6 Å². The number of fused-ring (bicyclic) bond motifs is 1. The number of para-hydroxylation sites is 1. The lowest BCUT2D eigenvalue weighted by atomic mass is 10.1. The second kappa shape index (κ2) is 9.89. The summed E-state index contributed by atoms with van der Waals surface area (Å²) in [5, 5.41) is 13.6. The van der Waals surface area contributed by atoms with Crippen molar-refractivity contribution < 1.29 is 19.5 Å². The van der Waals surface area contributed by atoms with Gasteiger partial charge in [-0.15, -0.1) is 0 Å². The van der Waals surface area contributed by atoms with Gasteiger partial charge >= 0.3 is 0 Å². The predicted octanol–water partition coefficient (Wildman–Crippen LogP) is 2.62. The Morgan fingerprint density at radius 2 is 1.82 bits per heavy atom. The first-order valence-electron chi connectivity index (χ1n) is 8.44. The zero-order chi connectivity index (χ0) is 20.5. The Hall–Kier alpha value is -3.65. The van der Waals surface area contributed by atoms with E-state index in [4.69, 9.17) is 9.90 Å². The molecule has 0 spiro atoms. The molecule has 8 heteroatoms. The fourth-order valence-electron chi connectivity index (χ4n) is 2.61. The molecule has 3 rings (SSSR count). The van der Waals surface area contributed by atoms with E-state index in [1.807, 2.05) is 44.6 Å². The van der Waals surface area contributed by atoms with E-state index < -0.39 is 0 Å². The van der Waals surface area contributed by atoms with E-state index in [2.05, 4.69) is 15.6 Å². The molecule has 0 aliphatic carbocycles. The highest BCUT2D eigenvalue weighted by atomic mass is 16.3. The van der Waals surface area contributed by atoms with Gasteiger partial charge in [0.1, 0.15) is 0 Å². The number of likely N-dealkylation sites (N-methyl/N-ethyl adjacent to an activating group) is 1. The summed E-state index contributed by atoms with van der Waals surface area (Å²) >= 11 is 0. The molecule has 0 atom stereocenters. The first-order chi connectivity index (χ1) is 13.4. The van der Waals surface area contributed by atoms with Gasteiger partial charge in [0.05, 0.1) is 17.7 Å². The van der Waals surface area contributed by atoms with Crippen LogP contribution in [0.1, 0.15) is 10.4 Å². The van der Waals surface area contributed by atoms with Gasteiger partial charge in [-0.3, -0.25) is 14.4 Å². The second-order valence-corrected chi connectivity index (χ2v) is 6.17. The molecule has 8 nitrogen and oxygen atoms in total. The number of rotatable bonds is 5. The minimum Gasteiger partial charge on any atom is -0.483 e. The maximum Gasteiger partial charge on any atom is 0.290 e. The van der Waals surface area contributed by atoms with Crippen LogP contribution in [0.5, 0.6) is 0 Å². The standard InChI is InChI=1S/C19H20N4O2.CH2O2/c1-23(2)12-17(24)21-15-7-3-6-14(11-15)19(25)22-16-8-4-5-13-9-10-20-18(13)16;2-1-3/h3-11,20H,12H2,1-2H3,(H,21,24)(H,22,25);1H,(H,2,3). The minimum absolute atomic E-state index is 0.126. The zero-order valence-electron chi connectivity index (χ0n) is 15.6. The van der Waals surface area contributed by atoms with E-state index in [0.717, 1.165) is 16.6 Å². The molecule has 4 N–H and O–H groups in total. The van der Waals surface area contributed by atoms with E-state index in [-0.39, 0.29) is 24.8 Å². The number of carbonyl (C=O) groups is 3. The summed E-state index contributed by atoms with van der Waals surface area (Å²) in [6.45, 7) is 0.0330. The molecule has 0 saturated heterocycles. The van der Waals surface area contributed by atoms with Crippen molar-refractivity contribution in [2.45, 2.75) is 0 Å². The van der Waals surface area contributed by atoms with Gasteiger partial charge in [0.15, 0.2) is 0 Å². The second-order valence-electron chi connectivity index (χ2n) is 6.17. The molecule has 146 valence electrons. The summed E-state index contributed by atoms with van der Waals surface area (Å²) < 4.78 is 0. The van der Waals surface area contributed by atoms with Crippen LogP contribution in [-0.2, 0) is 9.59 Å². The lowest BCUT2D eigenvalue weighted by molar-refractivity contribution is -0.123. The van der Waals surface area contributed by atoms with Crippen molar-refractivity contribution in [1.82, 2.24) is 9.88 Å². The van der Waals surface area contributed by atoms with Gasteiger partial charge in [0.2, 0.25) is 5.91 Å². The number of aromatic amines is 1. The number of anilines is 2. The van der Waals surface area contributed by atoms with E-state index in [1.54, 1.807) is 29.2 Å². The summed E-state index contributed by atoms with van der Waals surface area (Å²) in [5.74, 6) is -0.357. The third-order valence-electron chi connectivity index (χ3n) is 3.70. The maximum absolute atomic E-state index is 12.5. The Balaban J connectivity index is 0.000000878. The molecule has 0 aliphatic heterocycles. The lowest BCUT2D eigenvalue weighted by Gasteiger charge is -2.11. The largest absolute Gasteiger partial charge is 0.483 e. The smallest absolute Gasteiger partial charge is 0.290 e. The fourth-order valence-corrected chi connectivity index (χ4v) is 2.61. The first kappa shape index (κ1) is 20.7. The molecule has 2 aromatic carbocycles. The normalized spacial score (nSPS) is 10.1. The van der Waals surface area contributed by atoms with Crippen LogP contribution in [0.2, 0.25) is 0 Å². The first-order valence-corrected chi connectivity index (χ1v) is 8.44. The maximum atomic E-state index is 12.5. The Bertz CT molecular complexity index is 966. The Labute approximate surface area is 162 Å². The highest BCUT2D eigenvalue weighted by Crippen LogP contribution is 2.22. The molecular formula is C20H22N4O4. The third kappa shape index (κ3) is 5.68. The molecule has 1 aromatic heterocycles. The van der Waals surface area contributed by atoms with Crippen LogP contribution in [-0.4, -0.2) is 53.9 Å².